The molecule has 0 saturated carbocycles. The van der Waals surface area contributed by atoms with Gasteiger partial charge < -0.3 is 15.2 Å². The molecule has 11 nitrogen and oxygen atoms in total. The molecule has 0 radical (unpaired) electrons. The van der Waals surface area contributed by atoms with Crippen molar-refractivity contribution in [2.75, 3.05) is 0 Å². The maximum Gasteiger partial charge on any atom is 0.488 e. The van der Waals surface area contributed by atoms with Gasteiger partial charge in [-0.05, 0) is 130 Å². The number of benzene rings is 13. The normalized spacial score (nSPS) is 10.6. The summed E-state index contributed by atoms with van der Waals surface area (Å²) in [6.07, 6.45) is 15.4. The Morgan fingerprint density at radius 1 is 0.302 bits per heavy atom. The zero-order valence-corrected chi connectivity index (χ0v) is 61.4. The molecule has 17 rings (SSSR count). The molecule has 15 heteroatoms. The van der Waals surface area contributed by atoms with Crippen molar-refractivity contribution >= 4 is 56.8 Å². The van der Waals surface area contributed by atoms with Crippen molar-refractivity contribution < 1.29 is 15.2 Å². The van der Waals surface area contributed by atoms with E-state index in [1.54, 1.807) is 35.0 Å². The van der Waals surface area contributed by atoms with Gasteiger partial charge in [-0.2, -0.15) is 20.4 Å². The minimum Gasteiger partial charge on any atom is -0.508 e. The van der Waals surface area contributed by atoms with E-state index in [2.05, 4.69) is 276 Å². The highest BCUT2D eigenvalue weighted by Gasteiger charge is 2.39. The van der Waals surface area contributed by atoms with Gasteiger partial charge >= 0.3 is 7.12 Å². The quantitative estimate of drug-likeness (QED) is 0.0627. The molecular weight excluding hydrogens is 1460 g/mol. The summed E-state index contributed by atoms with van der Waals surface area (Å²) in [5.41, 5.74) is 21.6. The maximum atomic E-state index is 9.60. The molecule has 518 valence electrons. The molecule has 0 aliphatic rings. The molecule has 0 saturated heterocycles. The lowest BCUT2D eigenvalue weighted by Gasteiger charge is -2.36. The Morgan fingerprint density at radius 2 is 0.632 bits per heavy atom. The summed E-state index contributed by atoms with van der Waals surface area (Å²) in [5.74, 6) is 0.233. The molecule has 0 spiro atoms. The molecule has 4 heterocycles. The van der Waals surface area contributed by atoms with Crippen LogP contribution in [0.3, 0.4) is 0 Å². The molecule has 0 unspecified atom stereocenters. The van der Waals surface area contributed by atoms with Crippen LogP contribution in [0.15, 0.2) is 416 Å². The summed E-state index contributed by atoms with van der Waals surface area (Å²) in [6, 6.07) is 121. The number of phenols is 1. The Labute approximate surface area is 640 Å². The molecule has 4 N–H and O–H groups in total. The van der Waals surface area contributed by atoms with Crippen molar-refractivity contribution in [1.29, 1.82) is 0 Å². The largest absolute Gasteiger partial charge is 0.508 e. The molecule has 0 amide bonds. The second-order valence-electron chi connectivity index (χ2n) is 24.4. The van der Waals surface area contributed by atoms with Gasteiger partial charge in [-0.25, -0.2) is 9.36 Å². The van der Waals surface area contributed by atoms with Gasteiger partial charge in [-0.15, -0.1) is 12.4 Å². The Hall–Kier alpha value is -12.3. The number of aromatic nitrogens is 8. The lowest BCUT2D eigenvalue weighted by Crippen LogP contribution is -2.38. The van der Waals surface area contributed by atoms with Crippen LogP contribution in [0.1, 0.15) is 16.7 Å². The maximum absolute atomic E-state index is 9.60. The van der Waals surface area contributed by atoms with Crippen molar-refractivity contribution in [2.24, 2.45) is 0 Å². The summed E-state index contributed by atoms with van der Waals surface area (Å²) in [4.78, 5) is 0. The van der Waals surface area contributed by atoms with Crippen LogP contribution in [0.4, 0.5) is 0 Å². The van der Waals surface area contributed by atoms with Gasteiger partial charge in [-0.1, -0.05) is 337 Å². The highest BCUT2D eigenvalue weighted by molar-refractivity contribution is 9.10. The second kappa shape index (κ2) is 36.2. The zero-order valence-electron chi connectivity index (χ0n) is 57.4. The summed E-state index contributed by atoms with van der Waals surface area (Å²) in [5, 5.41) is 47.8. The zero-order chi connectivity index (χ0) is 72.0. The molecule has 4 aromatic heterocycles. The fourth-order valence-corrected chi connectivity index (χ4v) is 12.9. The van der Waals surface area contributed by atoms with Gasteiger partial charge in [0.2, 0.25) is 0 Å². The number of hydrogen-bond acceptors (Lipinski definition) is 7. The topological polar surface area (TPSA) is 143 Å². The third kappa shape index (κ3) is 18.6. The van der Waals surface area contributed by atoms with Crippen molar-refractivity contribution in [3.63, 3.8) is 0 Å². The van der Waals surface area contributed by atoms with Crippen LogP contribution >= 0.6 is 44.3 Å². The van der Waals surface area contributed by atoms with Crippen LogP contribution in [-0.4, -0.2) is 61.8 Å². The molecule has 17 aromatic rings. The Bertz CT molecular complexity index is 5200. The number of rotatable bonds is 14. The van der Waals surface area contributed by atoms with Crippen LogP contribution in [-0.2, 0) is 5.54 Å². The number of hydrogen-bond donors (Lipinski definition) is 4. The fraction of sp³-hybridized carbons (Fsp3) is 0.0110. The predicted octanol–water partition coefficient (Wildman–Crippen LogP) is 21.6. The first-order chi connectivity index (χ1) is 51.6. The molecule has 0 aliphatic carbocycles. The summed E-state index contributed by atoms with van der Waals surface area (Å²) in [6.45, 7) is 0. The third-order valence-corrected chi connectivity index (χ3v) is 18.5. The van der Waals surface area contributed by atoms with Gasteiger partial charge in [0.1, 0.15) is 11.3 Å². The standard InChI is InChI=1S/C22H17BrN2.C21H15BrN2.C21H16N2O.C15H12N2.C12H11BO2.ClH/c23-21-16-24-25(17-21)22(18-10-4-1-5-11-18,19-12-6-2-7-13-19)20-14-8-3-9-15-20;22-20-7-4-8-21(13-20)24-15-19(14-23-24)18-11-9-17(10-12-18)16-5-2-1-3-6-16;24-21-8-4-7-20(13-21)23-15-19(14-22-23)18-11-9-17(10-12-18)16-5-2-1-3-6-16;1-2-4-12(5-3-1)13-6-8-14(9-7-13)15-10-16-17-11-15;14-13(15)12-8-6-11(7-9-12)10-4-2-1-3-5-10;/h1-17H;1-15H;1-15,24H;1-11H,(H,16,17);1-9,14-15H;1H. The fourth-order valence-electron chi connectivity index (χ4n) is 12.2. The van der Waals surface area contributed by atoms with Crippen LogP contribution in [0, 0.1) is 0 Å². The Balaban J connectivity index is 0.000000125. The highest BCUT2D eigenvalue weighted by atomic mass is 79.9. The molecule has 13 aromatic carbocycles. The number of aromatic amines is 1. The lowest BCUT2D eigenvalue weighted by atomic mass is 9.77. The van der Waals surface area contributed by atoms with E-state index >= 15 is 0 Å². The SMILES string of the molecule is Brc1cccc(-n2cc(-c3ccc(-c4ccccc4)cc3)cn2)c1.Brc1cnn(C(c2ccccc2)(c2ccccc2)c2ccccc2)c1.Cl.OB(O)c1ccc(-c2ccccc2)cc1.Oc1cccc(-n2cc(-c3ccc(-c4ccccc4)cc3)cn2)c1.c1ccc(-c2ccc(-c3cn[nH]c3)cc2)cc1. The minimum atomic E-state index is -1.39. The second-order valence-corrected chi connectivity index (χ2v) is 26.3. The van der Waals surface area contributed by atoms with E-state index in [1.807, 2.05) is 168 Å². The monoisotopic (exact) mass is 1530 g/mol. The number of phenolic OH excluding ortho intramolecular Hbond substituents is 1. The van der Waals surface area contributed by atoms with Crippen molar-refractivity contribution in [2.45, 2.75) is 5.54 Å². The first-order valence-corrected chi connectivity index (χ1v) is 35.7. The van der Waals surface area contributed by atoms with Crippen molar-refractivity contribution in [1.82, 2.24) is 39.5 Å². The van der Waals surface area contributed by atoms with Gasteiger partial charge in [-0.3, -0.25) is 9.78 Å². The Morgan fingerprint density at radius 3 is 0.962 bits per heavy atom. The molecule has 0 aliphatic heterocycles. The number of halogens is 3. The number of nitrogens with zero attached hydrogens (tertiary/aromatic N) is 7. The van der Waals surface area contributed by atoms with Gasteiger partial charge in [0.25, 0.3) is 0 Å². The number of nitrogens with one attached hydrogen (secondary N) is 1. The first kappa shape index (κ1) is 73.5. The summed E-state index contributed by atoms with van der Waals surface area (Å²) in [7, 11) is -1.39. The predicted molar refractivity (Wildman–Crippen MR) is 441 cm³/mol. The lowest BCUT2D eigenvalue weighted by molar-refractivity contribution is 0.426. The van der Waals surface area contributed by atoms with E-state index in [0.29, 0.717) is 5.46 Å². The summed E-state index contributed by atoms with van der Waals surface area (Å²) >= 11 is 7.06. The first-order valence-electron chi connectivity index (χ1n) is 34.1. The van der Waals surface area contributed by atoms with E-state index in [-0.39, 0.29) is 18.2 Å². The number of H-pyrrole nitrogens is 1. The summed E-state index contributed by atoms with van der Waals surface area (Å²) < 4.78 is 7.70. The number of aromatic hydroxyl groups is 1. The van der Waals surface area contributed by atoms with E-state index in [4.69, 9.17) is 10.0 Å². The van der Waals surface area contributed by atoms with Crippen LogP contribution in [0.25, 0.3) is 89.3 Å². The third-order valence-electron chi connectivity index (χ3n) is 17.6. The van der Waals surface area contributed by atoms with Gasteiger partial charge in [0.15, 0.2) is 0 Å². The Kier molecular flexibility index (Phi) is 25.1. The van der Waals surface area contributed by atoms with Gasteiger partial charge in [0.05, 0.1) is 40.6 Å². The molecule has 106 heavy (non-hydrogen) atoms. The molecule has 0 fully saturated rings. The molecular formula is C91H72BBr2ClN8O3. The van der Waals surface area contributed by atoms with Gasteiger partial charge in [0, 0.05) is 52.0 Å². The average Bonchev–Trinajstić information content (AvgIpc) is 1.17. The van der Waals surface area contributed by atoms with Crippen LogP contribution in [0.5, 0.6) is 5.75 Å². The van der Waals surface area contributed by atoms with Crippen LogP contribution < -0.4 is 5.46 Å². The van der Waals surface area contributed by atoms with E-state index in [9.17, 15) is 5.11 Å². The highest BCUT2D eigenvalue weighted by Crippen LogP contribution is 2.41. The molecule has 0 bridgehead atoms. The van der Waals surface area contributed by atoms with Crippen LogP contribution in [0.2, 0.25) is 0 Å². The minimum absolute atomic E-state index is 0. The smallest absolute Gasteiger partial charge is 0.488 e. The average molecular weight is 1530 g/mol. The van der Waals surface area contributed by atoms with Crippen molar-refractivity contribution in [3.05, 3.63) is 433 Å². The van der Waals surface area contributed by atoms with E-state index in [1.165, 1.54) is 55.6 Å². The van der Waals surface area contributed by atoms with Crippen molar-refractivity contribution in [3.8, 4) is 95.0 Å². The van der Waals surface area contributed by atoms with E-state index in [0.717, 1.165) is 59.3 Å². The molecule has 0 atom stereocenters. The van der Waals surface area contributed by atoms with E-state index < -0.39 is 12.7 Å².